The Bertz CT molecular complexity index is 755. The smallest absolute Gasteiger partial charge is 0.240 e. The van der Waals surface area contributed by atoms with Gasteiger partial charge in [-0.15, -0.1) is 0 Å². The molecule has 0 aromatic heterocycles. The maximum atomic E-state index is 12.3. The number of aryl methyl sites for hydroxylation is 1. The van der Waals surface area contributed by atoms with E-state index in [4.69, 9.17) is 0 Å². The normalized spacial score (nSPS) is 12.8. The molecule has 0 aliphatic heterocycles. The standard InChI is InChI=1S/C17H19NO4S/c1-13-7-9-16(10-8-13)23(21,22)18-15(12-19)11-17(20)14-5-3-2-4-6-14/h2-10,15,18-19H,11-12H2,1H3/t15-/m1/s1. The number of aliphatic hydroxyl groups excluding tert-OH is 1. The maximum Gasteiger partial charge on any atom is 0.240 e. The van der Waals surface area contributed by atoms with Crippen LogP contribution >= 0.6 is 0 Å². The van der Waals surface area contributed by atoms with Crippen LogP contribution in [0.5, 0.6) is 0 Å². The highest BCUT2D eigenvalue weighted by Crippen LogP contribution is 2.12. The zero-order valence-electron chi connectivity index (χ0n) is 12.8. The van der Waals surface area contributed by atoms with E-state index in [2.05, 4.69) is 4.72 Å². The number of Topliss-reactive ketones (excluding diaryl/α,β-unsaturated/α-hetero) is 1. The monoisotopic (exact) mass is 333 g/mol. The third-order valence-electron chi connectivity index (χ3n) is 3.40. The first-order chi connectivity index (χ1) is 10.9. The van der Waals surface area contributed by atoms with E-state index in [1.54, 1.807) is 42.5 Å². The maximum absolute atomic E-state index is 12.3. The highest BCUT2D eigenvalue weighted by molar-refractivity contribution is 7.89. The summed E-state index contributed by atoms with van der Waals surface area (Å²) < 4.78 is 27.0. The second kappa shape index (κ2) is 7.50. The fourth-order valence-electron chi connectivity index (χ4n) is 2.11. The van der Waals surface area contributed by atoms with Crippen LogP contribution in [-0.4, -0.2) is 32.0 Å². The van der Waals surface area contributed by atoms with E-state index in [0.29, 0.717) is 5.56 Å². The number of aliphatic hydroxyl groups is 1. The van der Waals surface area contributed by atoms with Gasteiger partial charge < -0.3 is 5.11 Å². The number of nitrogens with one attached hydrogen (secondary N) is 1. The molecule has 2 N–H and O–H groups in total. The summed E-state index contributed by atoms with van der Waals surface area (Å²) in [6.45, 7) is 1.41. The Kier molecular flexibility index (Phi) is 5.65. The van der Waals surface area contributed by atoms with Crippen molar-refractivity contribution >= 4 is 15.8 Å². The number of rotatable bonds is 7. The van der Waals surface area contributed by atoms with Gasteiger partial charge in [0.25, 0.3) is 0 Å². The van der Waals surface area contributed by atoms with E-state index in [0.717, 1.165) is 5.56 Å². The lowest BCUT2D eigenvalue weighted by atomic mass is 10.0. The van der Waals surface area contributed by atoms with Gasteiger partial charge in [0, 0.05) is 12.0 Å². The zero-order valence-corrected chi connectivity index (χ0v) is 13.6. The van der Waals surface area contributed by atoms with Gasteiger partial charge >= 0.3 is 0 Å². The van der Waals surface area contributed by atoms with Gasteiger partial charge in [0.05, 0.1) is 17.5 Å². The van der Waals surface area contributed by atoms with Gasteiger partial charge in [-0.2, -0.15) is 0 Å². The summed E-state index contributed by atoms with van der Waals surface area (Å²) in [5.41, 5.74) is 1.43. The zero-order chi connectivity index (χ0) is 16.9. The van der Waals surface area contributed by atoms with Crippen molar-refractivity contribution in [3.8, 4) is 0 Å². The molecule has 0 aliphatic carbocycles. The van der Waals surface area contributed by atoms with Crippen LogP contribution in [0.2, 0.25) is 0 Å². The molecular formula is C17H19NO4S. The van der Waals surface area contributed by atoms with Crippen molar-refractivity contribution in [2.24, 2.45) is 0 Å². The van der Waals surface area contributed by atoms with Crippen molar-refractivity contribution in [2.75, 3.05) is 6.61 Å². The fraction of sp³-hybridized carbons (Fsp3) is 0.235. The molecule has 2 rings (SSSR count). The molecule has 0 saturated carbocycles. The second-order valence-electron chi connectivity index (χ2n) is 5.31. The molecule has 0 amide bonds. The van der Waals surface area contributed by atoms with Gasteiger partial charge in [0.15, 0.2) is 5.78 Å². The van der Waals surface area contributed by atoms with Crippen molar-refractivity contribution in [3.63, 3.8) is 0 Å². The summed E-state index contributed by atoms with van der Waals surface area (Å²) >= 11 is 0. The molecule has 6 heteroatoms. The Morgan fingerprint density at radius 2 is 1.70 bits per heavy atom. The predicted molar refractivity (Wildman–Crippen MR) is 87.8 cm³/mol. The molecule has 2 aromatic rings. The average molecular weight is 333 g/mol. The molecule has 23 heavy (non-hydrogen) atoms. The minimum absolute atomic E-state index is 0.105. The van der Waals surface area contributed by atoms with Crippen molar-refractivity contribution in [1.82, 2.24) is 4.72 Å². The summed E-state index contributed by atoms with van der Waals surface area (Å²) in [4.78, 5) is 12.2. The van der Waals surface area contributed by atoms with E-state index in [1.165, 1.54) is 12.1 Å². The summed E-state index contributed by atoms with van der Waals surface area (Å²) in [5, 5.41) is 9.40. The van der Waals surface area contributed by atoms with E-state index < -0.39 is 22.7 Å². The molecule has 0 heterocycles. The molecule has 0 bridgehead atoms. The second-order valence-corrected chi connectivity index (χ2v) is 7.02. The van der Waals surface area contributed by atoms with Gasteiger partial charge in [0.1, 0.15) is 0 Å². The van der Waals surface area contributed by atoms with Crippen molar-refractivity contribution in [2.45, 2.75) is 24.3 Å². The lowest BCUT2D eigenvalue weighted by Gasteiger charge is -2.16. The highest BCUT2D eigenvalue weighted by Gasteiger charge is 2.22. The summed E-state index contributed by atoms with van der Waals surface area (Å²) in [6, 6.07) is 14.1. The summed E-state index contributed by atoms with van der Waals surface area (Å²) in [7, 11) is -3.78. The average Bonchev–Trinajstić information content (AvgIpc) is 2.55. The summed E-state index contributed by atoms with van der Waals surface area (Å²) in [6.07, 6.45) is -0.106. The Labute approximate surface area is 136 Å². The minimum Gasteiger partial charge on any atom is -0.395 e. The van der Waals surface area contributed by atoms with E-state index in [1.807, 2.05) is 6.92 Å². The van der Waals surface area contributed by atoms with Crippen molar-refractivity contribution < 1.29 is 18.3 Å². The van der Waals surface area contributed by atoms with Crippen LogP contribution in [-0.2, 0) is 10.0 Å². The van der Waals surface area contributed by atoms with Gasteiger partial charge in [-0.3, -0.25) is 4.79 Å². The Balaban J connectivity index is 2.09. The first-order valence-corrected chi connectivity index (χ1v) is 8.69. The molecule has 0 fully saturated rings. The van der Waals surface area contributed by atoms with Crippen LogP contribution in [0.3, 0.4) is 0 Å². The molecule has 2 aromatic carbocycles. The number of carbonyl (C=O) groups is 1. The molecule has 5 nitrogen and oxygen atoms in total. The largest absolute Gasteiger partial charge is 0.395 e. The van der Waals surface area contributed by atoms with E-state index >= 15 is 0 Å². The molecule has 1 atom stereocenters. The van der Waals surface area contributed by atoms with E-state index in [9.17, 15) is 18.3 Å². The Morgan fingerprint density at radius 1 is 1.09 bits per heavy atom. The molecule has 0 aliphatic rings. The van der Waals surface area contributed by atoms with Crippen LogP contribution in [0.25, 0.3) is 0 Å². The van der Waals surface area contributed by atoms with Gasteiger partial charge in [-0.05, 0) is 19.1 Å². The number of carbonyl (C=O) groups excluding carboxylic acids is 1. The van der Waals surface area contributed by atoms with Gasteiger partial charge in [-0.1, -0.05) is 48.0 Å². The number of benzene rings is 2. The third kappa shape index (κ3) is 4.72. The Hall–Kier alpha value is -2.02. The number of hydrogen-bond donors (Lipinski definition) is 2. The minimum atomic E-state index is -3.78. The highest BCUT2D eigenvalue weighted by atomic mass is 32.2. The molecule has 0 spiro atoms. The lowest BCUT2D eigenvalue weighted by Crippen LogP contribution is -2.39. The van der Waals surface area contributed by atoms with Gasteiger partial charge in [-0.25, -0.2) is 13.1 Å². The first-order valence-electron chi connectivity index (χ1n) is 7.20. The quantitative estimate of drug-likeness (QED) is 0.758. The Morgan fingerprint density at radius 3 is 2.26 bits per heavy atom. The van der Waals surface area contributed by atoms with Crippen LogP contribution in [0.1, 0.15) is 22.3 Å². The molecule has 0 saturated heterocycles. The predicted octanol–water partition coefficient (Wildman–Crippen LogP) is 1.91. The molecule has 0 radical (unpaired) electrons. The number of ketones is 1. The van der Waals surface area contributed by atoms with Crippen molar-refractivity contribution in [3.05, 3.63) is 65.7 Å². The van der Waals surface area contributed by atoms with Crippen molar-refractivity contribution in [1.29, 1.82) is 0 Å². The van der Waals surface area contributed by atoms with Crippen LogP contribution in [0.4, 0.5) is 0 Å². The molecule has 122 valence electrons. The lowest BCUT2D eigenvalue weighted by molar-refractivity contribution is 0.0958. The summed E-state index contributed by atoms with van der Waals surface area (Å²) in [5.74, 6) is -0.226. The number of hydrogen-bond acceptors (Lipinski definition) is 4. The third-order valence-corrected chi connectivity index (χ3v) is 4.94. The van der Waals surface area contributed by atoms with Crippen LogP contribution in [0.15, 0.2) is 59.5 Å². The molecular weight excluding hydrogens is 314 g/mol. The topological polar surface area (TPSA) is 83.5 Å². The van der Waals surface area contributed by atoms with Gasteiger partial charge in [0.2, 0.25) is 10.0 Å². The van der Waals surface area contributed by atoms with E-state index in [-0.39, 0.29) is 17.1 Å². The first kappa shape index (κ1) is 17.3. The van der Waals surface area contributed by atoms with Crippen LogP contribution in [0, 0.1) is 6.92 Å². The molecule has 0 unspecified atom stereocenters. The fourth-order valence-corrected chi connectivity index (χ4v) is 3.34. The number of sulfonamides is 1. The SMILES string of the molecule is Cc1ccc(S(=O)(=O)N[C@@H](CO)CC(=O)c2ccccc2)cc1. The van der Waals surface area contributed by atoms with Crippen LogP contribution < -0.4 is 4.72 Å².